The van der Waals surface area contributed by atoms with Crippen LogP contribution in [0.1, 0.15) is 39.5 Å². The molecule has 2 rings (SSSR count). The molecule has 13 heavy (non-hydrogen) atoms. The van der Waals surface area contributed by atoms with Crippen LogP contribution in [0.4, 0.5) is 0 Å². The summed E-state index contributed by atoms with van der Waals surface area (Å²) in [5.41, 5.74) is 0.502. The topological polar surface area (TPSA) is 23.5 Å². The highest BCUT2D eigenvalue weighted by Crippen LogP contribution is 2.47. The van der Waals surface area contributed by atoms with Gasteiger partial charge in [0.25, 0.3) is 0 Å². The van der Waals surface area contributed by atoms with Crippen LogP contribution in [0.25, 0.3) is 0 Å². The third-order valence-electron chi connectivity index (χ3n) is 3.76. The molecule has 2 nitrogen and oxygen atoms in total. The predicted molar refractivity (Wildman–Crippen MR) is 53.6 cm³/mol. The summed E-state index contributed by atoms with van der Waals surface area (Å²) in [7, 11) is 0. The van der Waals surface area contributed by atoms with Gasteiger partial charge in [-0.1, -0.05) is 0 Å². The molecule has 1 saturated heterocycles. The first-order valence-electron chi connectivity index (χ1n) is 5.53. The molecule has 1 spiro atoms. The number of nitrogens with zero attached hydrogens (tertiary/aromatic N) is 1. The van der Waals surface area contributed by atoms with E-state index in [1.807, 2.05) is 0 Å². The molecule has 1 aliphatic carbocycles. The van der Waals surface area contributed by atoms with Crippen LogP contribution in [-0.2, 0) is 0 Å². The lowest BCUT2D eigenvalue weighted by Crippen LogP contribution is -2.53. The van der Waals surface area contributed by atoms with Gasteiger partial charge >= 0.3 is 0 Å². The molecular weight excluding hydrogens is 162 g/mol. The van der Waals surface area contributed by atoms with Crippen molar-refractivity contribution in [2.24, 2.45) is 5.41 Å². The lowest BCUT2D eigenvalue weighted by atomic mass is 9.62. The largest absolute Gasteiger partial charge is 0.393 e. The van der Waals surface area contributed by atoms with Crippen molar-refractivity contribution in [3.63, 3.8) is 0 Å². The van der Waals surface area contributed by atoms with Gasteiger partial charge in [-0.15, -0.1) is 0 Å². The van der Waals surface area contributed by atoms with Crippen LogP contribution in [0.15, 0.2) is 0 Å². The first kappa shape index (κ1) is 9.47. The Labute approximate surface area is 80.9 Å². The molecule has 0 aromatic carbocycles. The van der Waals surface area contributed by atoms with Crippen LogP contribution in [0.5, 0.6) is 0 Å². The Balaban J connectivity index is 1.93. The number of aliphatic hydroxyl groups is 1. The summed E-state index contributed by atoms with van der Waals surface area (Å²) in [6, 6.07) is 0.676. The zero-order chi connectivity index (χ0) is 9.47. The van der Waals surface area contributed by atoms with Gasteiger partial charge in [-0.05, 0) is 51.5 Å². The van der Waals surface area contributed by atoms with Crippen molar-refractivity contribution < 1.29 is 5.11 Å². The lowest BCUT2D eigenvalue weighted by Gasteiger charge is -2.52. The molecule has 0 atom stereocenters. The fourth-order valence-electron chi connectivity index (χ4n) is 2.96. The molecule has 0 bridgehead atoms. The second kappa shape index (κ2) is 3.25. The Morgan fingerprint density at radius 3 is 2.62 bits per heavy atom. The van der Waals surface area contributed by atoms with E-state index in [-0.39, 0.29) is 6.10 Å². The predicted octanol–water partition coefficient (Wildman–Crippen LogP) is 1.63. The molecule has 2 heteroatoms. The third-order valence-corrected chi connectivity index (χ3v) is 3.76. The Kier molecular flexibility index (Phi) is 2.37. The summed E-state index contributed by atoms with van der Waals surface area (Å²) in [6.45, 7) is 7.03. The van der Waals surface area contributed by atoms with Crippen molar-refractivity contribution >= 4 is 0 Å². The highest BCUT2D eigenvalue weighted by Gasteiger charge is 2.45. The van der Waals surface area contributed by atoms with Crippen molar-refractivity contribution in [2.75, 3.05) is 13.1 Å². The minimum Gasteiger partial charge on any atom is -0.393 e. The average molecular weight is 183 g/mol. The minimum absolute atomic E-state index is 0.00659. The molecule has 0 aromatic rings. The van der Waals surface area contributed by atoms with Crippen LogP contribution >= 0.6 is 0 Å². The van der Waals surface area contributed by atoms with Crippen LogP contribution in [0.2, 0.25) is 0 Å². The fraction of sp³-hybridized carbons (Fsp3) is 1.00. The molecule has 2 fully saturated rings. The van der Waals surface area contributed by atoms with Gasteiger partial charge in [0.15, 0.2) is 0 Å². The van der Waals surface area contributed by atoms with E-state index in [1.54, 1.807) is 0 Å². The van der Waals surface area contributed by atoms with Crippen molar-refractivity contribution in [2.45, 2.75) is 51.7 Å². The van der Waals surface area contributed by atoms with E-state index in [2.05, 4.69) is 18.7 Å². The summed E-state index contributed by atoms with van der Waals surface area (Å²) in [6.07, 6.45) is 4.78. The monoisotopic (exact) mass is 183 g/mol. The number of aliphatic hydroxyl groups excluding tert-OH is 1. The number of likely N-dealkylation sites (tertiary alicyclic amines) is 1. The SMILES string of the molecule is CC(C)N1CCC[C@]2(C1)C[C@H](O)C2. The van der Waals surface area contributed by atoms with Gasteiger partial charge in [0.05, 0.1) is 6.10 Å². The molecule has 0 radical (unpaired) electrons. The second-order valence-electron chi connectivity index (χ2n) is 5.23. The maximum Gasteiger partial charge on any atom is 0.0551 e. The molecule has 1 heterocycles. The Bertz CT molecular complexity index is 179. The van der Waals surface area contributed by atoms with Gasteiger partial charge in [0.2, 0.25) is 0 Å². The van der Waals surface area contributed by atoms with Crippen LogP contribution in [0.3, 0.4) is 0 Å². The van der Waals surface area contributed by atoms with E-state index >= 15 is 0 Å². The van der Waals surface area contributed by atoms with E-state index in [9.17, 15) is 5.11 Å². The first-order valence-corrected chi connectivity index (χ1v) is 5.53. The van der Waals surface area contributed by atoms with Crippen LogP contribution < -0.4 is 0 Å². The van der Waals surface area contributed by atoms with Gasteiger partial charge in [0.1, 0.15) is 0 Å². The van der Waals surface area contributed by atoms with Gasteiger partial charge in [-0.2, -0.15) is 0 Å². The quantitative estimate of drug-likeness (QED) is 0.668. The Morgan fingerprint density at radius 1 is 1.38 bits per heavy atom. The van der Waals surface area contributed by atoms with Gasteiger partial charge in [-0.3, -0.25) is 0 Å². The van der Waals surface area contributed by atoms with Crippen LogP contribution in [-0.4, -0.2) is 35.2 Å². The van der Waals surface area contributed by atoms with E-state index in [4.69, 9.17) is 0 Å². The molecule has 0 aromatic heterocycles. The van der Waals surface area contributed by atoms with E-state index in [1.165, 1.54) is 25.9 Å². The van der Waals surface area contributed by atoms with Crippen molar-refractivity contribution in [3.05, 3.63) is 0 Å². The molecule has 1 saturated carbocycles. The zero-order valence-electron chi connectivity index (χ0n) is 8.79. The van der Waals surface area contributed by atoms with Crippen molar-refractivity contribution in [3.8, 4) is 0 Å². The standard InChI is InChI=1S/C11H21NO/c1-9(2)12-5-3-4-11(8-12)6-10(13)7-11/h9-10,13H,3-8H2,1-2H3/t10-,11-. The molecule has 1 N–H and O–H groups in total. The number of hydrogen-bond donors (Lipinski definition) is 1. The Morgan fingerprint density at radius 2 is 2.08 bits per heavy atom. The molecule has 0 amide bonds. The molecule has 1 aliphatic heterocycles. The van der Waals surface area contributed by atoms with Crippen LogP contribution in [0, 0.1) is 5.41 Å². The summed E-state index contributed by atoms with van der Waals surface area (Å²) in [5.74, 6) is 0. The second-order valence-corrected chi connectivity index (χ2v) is 5.23. The number of hydrogen-bond acceptors (Lipinski definition) is 2. The Hall–Kier alpha value is -0.0800. The molecule has 2 aliphatic rings. The van der Waals surface area contributed by atoms with Gasteiger partial charge in [-0.25, -0.2) is 0 Å². The smallest absolute Gasteiger partial charge is 0.0551 e. The normalized spacial score (nSPS) is 41.1. The summed E-state index contributed by atoms with van der Waals surface area (Å²) in [5, 5.41) is 9.37. The maximum atomic E-state index is 9.37. The fourth-order valence-corrected chi connectivity index (χ4v) is 2.96. The molecule has 76 valence electrons. The molecular formula is C11H21NO. The van der Waals surface area contributed by atoms with E-state index in [0.717, 1.165) is 12.8 Å². The van der Waals surface area contributed by atoms with Gasteiger partial charge in [0, 0.05) is 12.6 Å². The van der Waals surface area contributed by atoms with Crippen molar-refractivity contribution in [1.82, 2.24) is 4.90 Å². The minimum atomic E-state index is 0.00659. The summed E-state index contributed by atoms with van der Waals surface area (Å²) >= 11 is 0. The third kappa shape index (κ3) is 1.75. The summed E-state index contributed by atoms with van der Waals surface area (Å²) in [4.78, 5) is 2.56. The van der Waals surface area contributed by atoms with E-state index < -0.39 is 0 Å². The van der Waals surface area contributed by atoms with E-state index in [0.29, 0.717) is 11.5 Å². The number of piperidine rings is 1. The first-order chi connectivity index (χ1) is 6.11. The van der Waals surface area contributed by atoms with Crippen molar-refractivity contribution in [1.29, 1.82) is 0 Å². The lowest BCUT2D eigenvalue weighted by molar-refractivity contribution is -0.0797. The van der Waals surface area contributed by atoms with Gasteiger partial charge < -0.3 is 10.0 Å². The summed E-state index contributed by atoms with van der Waals surface area (Å²) < 4.78 is 0. The number of rotatable bonds is 1. The zero-order valence-corrected chi connectivity index (χ0v) is 8.79. The highest BCUT2D eigenvalue weighted by molar-refractivity contribution is 4.98. The maximum absolute atomic E-state index is 9.37. The highest BCUT2D eigenvalue weighted by atomic mass is 16.3. The average Bonchev–Trinajstić information content (AvgIpc) is 2.02. The molecule has 0 unspecified atom stereocenters.